The van der Waals surface area contributed by atoms with Gasteiger partial charge in [-0.2, -0.15) is 0 Å². The zero-order valence-corrected chi connectivity index (χ0v) is 13.9. The summed E-state index contributed by atoms with van der Waals surface area (Å²) in [7, 11) is -1.26. The van der Waals surface area contributed by atoms with Gasteiger partial charge < -0.3 is 4.74 Å². The minimum Gasteiger partial charge on any atom is -0.473 e. The third-order valence-electron chi connectivity index (χ3n) is 2.80. The molecule has 1 aromatic heterocycles. The van der Waals surface area contributed by atoms with E-state index in [1.54, 1.807) is 6.20 Å². The number of aromatic nitrogens is 1. The summed E-state index contributed by atoms with van der Waals surface area (Å²) in [5.74, 6) is 3.94. The Balaban J connectivity index is 1.88. The number of nitrogens with zero attached hydrogens (tertiary/aromatic N) is 1. The van der Waals surface area contributed by atoms with Crippen LogP contribution >= 0.6 is 0 Å². The molecular weight excluding hydrogens is 274 g/mol. The summed E-state index contributed by atoms with van der Waals surface area (Å²) in [6.07, 6.45) is 2.56. The van der Waals surface area contributed by atoms with Gasteiger partial charge in [-0.25, -0.2) is 4.98 Å². The molecule has 0 atom stereocenters. The van der Waals surface area contributed by atoms with E-state index in [-0.39, 0.29) is 0 Å². The van der Waals surface area contributed by atoms with Gasteiger partial charge in [-0.15, -0.1) is 11.5 Å². The van der Waals surface area contributed by atoms with Gasteiger partial charge >= 0.3 is 0 Å². The standard InChI is InChI=1S/C18H21NOSi/c1-21(2,3)14-6-7-16-9-11-17(12-10-16)15-20-18-8-4-5-13-19-18/h4-5,8-13H,7,15H2,1-3H3. The van der Waals surface area contributed by atoms with Crippen LogP contribution in [0.15, 0.2) is 48.7 Å². The number of benzene rings is 1. The van der Waals surface area contributed by atoms with E-state index in [2.05, 4.69) is 60.4 Å². The highest BCUT2D eigenvalue weighted by Crippen LogP contribution is 2.10. The molecule has 0 amide bonds. The van der Waals surface area contributed by atoms with Crippen molar-refractivity contribution in [1.29, 1.82) is 0 Å². The number of hydrogen-bond donors (Lipinski definition) is 0. The second-order valence-corrected chi connectivity index (χ2v) is 10.8. The van der Waals surface area contributed by atoms with E-state index in [0.29, 0.717) is 12.5 Å². The summed E-state index contributed by atoms with van der Waals surface area (Å²) >= 11 is 0. The van der Waals surface area contributed by atoms with E-state index in [4.69, 9.17) is 4.74 Å². The highest BCUT2D eigenvalue weighted by Gasteiger charge is 2.07. The van der Waals surface area contributed by atoms with E-state index in [0.717, 1.165) is 12.0 Å². The van der Waals surface area contributed by atoms with Gasteiger partial charge in [0.15, 0.2) is 0 Å². The zero-order valence-electron chi connectivity index (χ0n) is 12.9. The van der Waals surface area contributed by atoms with Crippen LogP contribution in [0.4, 0.5) is 0 Å². The fraction of sp³-hybridized carbons (Fsp3) is 0.278. The molecule has 3 heteroatoms. The Kier molecular flexibility index (Phi) is 5.18. The van der Waals surface area contributed by atoms with Crippen LogP contribution in [0, 0.1) is 11.5 Å². The SMILES string of the molecule is C[Si](C)(C)C#CCc1ccc(COc2ccccn2)cc1. The van der Waals surface area contributed by atoms with Crippen molar-refractivity contribution in [3.63, 3.8) is 0 Å². The molecule has 2 nitrogen and oxygen atoms in total. The van der Waals surface area contributed by atoms with Gasteiger partial charge in [-0.3, -0.25) is 0 Å². The largest absolute Gasteiger partial charge is 0.473 e. The van der Waals surface area contributed by atoms with Crippen LogP contribution in [0.25, 0.3) is 0 Å². The first-order chi connectivity index (χ1) is 10.0. The average molecular weight is 295 g/mol. The molecule has 0 spiro atoms. The maximum Gasteiger partial charge on any atom is 0.213 e. The van der Waals surface area contributed by atoms with Gasteiger partial charge in [0.05, 0.1) is 0 Å². The molecule has 108 valence electrons. The monoisotopic (exact) mass is 295 g/mol. The third-order valence-corrected chi connectivity index (χ3v) is 3.73. The summed E-state index contributed by atoms with van der Waals surface area (Å²) in [6, 6.07) is 14.1. The Morgan fingerprint density at radius 3 is 2.33 bits per heavy atom. The molecule has 1 aromatic carbocycles. The summed E-state index contributed by atoms with van der Waals surface area (Å²) in [5.41, 5.74) is 5.78. The number of ether oxygens (including phenoxy) is 1. The van der Waals surface area contributed by atoms with E-state index >= 15 is 0 Å². The van der Waals surface area contributed by atoms with E-state index < -0.39 is 8.07 Å². The minimum absolute atomic E-state index is 0.540. The molecule has 0 radical (unpaired) electrons. The molecule has 0 N–H and O–H groups in total. The lowest BCUT2D eigenvalue weighted by atomic mass is 10.1. The van der Waals surface area contributed by atoms with E-state index in [9.17, 15) is 0 Å². The zero-order chi connectivity index (χ0) is 15.1. The Morgan fingerprint density at radius 2 is 1.71 bits per heavy atom. The summed E-state index contributed by atoms with van der Waals surface area (Å²) in [6.45, 7) is 7.33. The van der Waals surface area contributed by atoms with Gasteiger partial charge in [0, 0.05) is 18.7 Å². The van der Waals surface area contributed by atoms with E-state index in [1.165, 1.54) is 5.56 Å². The van der Waals surface area contributed by atoms with Crippen molar-refractivity contribution in [2.45, 2.75) is 32.7 Å². The average Bonchev–Trinajstić information content (AvgIpc) is 2.46. The summed E-state index contributed by atoms with van der Waals surface area (Å²) in [5, 5.41) is 0. The number of rotatable bonds is 4. The molecule has 0 aliphatic carbocycles. The second-order valence-electron chi connectivity index (χ2n) is 6.00. The van der Waals surface area contributed by atoms with Crippen molar-refractivity contribution in [3.8, 4) is 17.3 Å². The normalized spacial score (nSPS) is 10.6. The first-order valence-electron chi connectivity index (χ1n) is 7.15. The van der Waals surface area contributed by atoms with Crippen molar-refractivity contribution < 1.29 is 4.74 Å². The van der Waals surface area contributed by atoms with Crippen LogP contribution in [-0.4, -0.2) is 13.1 Å². The summed E-state index contributed by atoms with van der Waals surface area (Å²) in [4.78, 5) is 4.14. The van der Waals surface area contributed by atoms with Crippen LogP contribution in [0.3, 0.4) is 0 Å². The Labute approximate surface area is 128 Å². The number of hydrogen-bond acceptors (Lipinski definition) is 2. The molecule has 0 fully saturated rings. The molecule has 0 bridgehead atoms. The Hall–Kier alpha value is -2.05. The molecule has 21 heavy (non-hydrogen) atoms. The van der Waals surface area contributed by atoms with Crippen molar-refractivity contribution in [2.24, 2.45) is 0 Å². The maximum absolute atomic E-state index is 5.62. The van der Waals surface area contributed by atoms with E-state index in [1.807, 2.05) is 18.2 Å². The molecule has 0 aliphatic rings. The third kappa shape index (κ3) is 5.84. The Morgan fingerprint density at radius 1 is 1.00 bits per heavy atom. The lowest BCUT2D eigenvalue weighted by Gasteiger charge is -2.06. The Bertz CT molecular complexity index is 618. The molecule has 0 saturated carbocycles. The van der Waals surface area contributed by atoms with Crippen LogP contribution in [0.5, 0.6) is 5.88 Å². The number of pyridine rings is 1. The van der Waals surface area contributed by atoms with Crippen molar-refractivity contribution in [3.05, 3.63) is 59.8 Å². The molecule has 2 aromatic rings. The lowest BCUT2D eigenvalue weighted by molar-refractivity contribution is 0.294. The van der Waals surface area contributed by atoms with Gasteiger partial charge in [0.2, 0.25) is 5.88 Å². The molecule has 0 saturated heterocycles. The fourth-order valence-corrected chi connectivity index (χ4v) is 2.37. The van der Waals surface area contributed by atoms with Crippen LogP contribution in [-0.2, 0) is 13.0 Å². The molecule has 0 unspecified atom stereocenters. The van der Waals surface area contributed by atoms with Gasteiger partial charge in [-0.1, -0.05) is 50.0 Å². The fourth-order valence-electron chi connectivity index (χ4n) is 1.75. The van der Waals surface area contributed by atoms with Crippen molar-refractivity contribution in [1.82, 2.24) is 4.98 Å². The molecule has 2 rings (SSSR count). The van der Waals surface area contributed by atoms with Gasteiger partial charge in [0.25, 0.3) is 0 Å². The molecule has 1 heterocycles. The quantitative estimate of drug-likeness (QED) is 0.626. The highest BCUT2D eigenvalue weighted by molar-refractivity contribution is 6.83. The van der Waals surface area contributed by atoms with Crippen molar-refractivity contribution >= 4 is 8.07 Å². The summed E-state index contributed by atoms with van der Waals surface area (Å²) < 4.78 is 5.62. The second kappa shape index (κ2) is 7.10. The van der Waals surface area contributed by atoms with Crippen molar-refractivity contribution in [2.75, 3.05) is 0 Å². The van der Waals surface area contributed by atoms with Crippen LogP contribution in [0.1, 0.15) is 11.1 Å². The van der Waals surface area contributed by atoms with Crippen LogP contribution in [0.2, 0.25) is 19.6 Å². The predicted octanol–water partition coefficient (Wildman–Crippen LogP) is 4.08. The minimum atomic E-state index is -1.26. The van der Waals surface area contributed by atoms with Gasteiger partial charge in [-0.05, 0) is 17.2 Å². The first-order valence-corrected chi connectivity index (χ1v) is 10.6. The maximum atomic E-state index is 5.62. The predicted molar refractivity (Wildman–Crippen MR) is 89.8 cm³/mol. The van der Waals surface area contributed by atoms with Crippen LogP contribution < -0.4 is 4.74 Å². The first kappa shape index (κ1) is 15.3. The van der Waals surface area contributed by atoms with Gasteiger partial charge in [0.1, 0.15) is 14.7 Å². The molecule has 0 aliphatic heterocycles. The highest BCUT2D eigenvalue weighted by atomic mass is 28.3. The lowest BCUT2D eigenvalue weighted by Crippen LogP contribution is -2.16. The molecular formula is C18H21NOSi. The topological polar surface area (TPSA) is 22.1 Å². The smallest absolute Gasteiger partial charge is 0.213 e.